The van der Waals surface area contributed by atoms with Gasteiger partial charge < -0.3 is 20.5 Å². The standard InChI is InChI=1S/C21H18N2O5S/c22-19(25)16-10-11-29-20(16)23-18(24)13-28-21(26)15-8-4-5-9-17(15)27-12-14-6-2-1-3-7-14/h1-11H,12-13H2,(H2,22,25)(H,23,24). The molecule has 0 bridgehead atoms. The molecule has 1 heterocycles. The van der Waals surface area contributed by atoms with Crippen molar-refractivity contribution in [3.8, 4) is 5.75 Å². The van der Waals surface area contributed by atoms with Crippen LogP contribution in [0.3, 0.4) is 0 Å². The number of carbonyl (C=O) groups excluding carboxylic acids is 3. The summed E-state index contributed by atoms with van der Waals surface area (Å²) < 4.78 is 10.8. The van der Waals surface area contributed by atoms with Crippen molar-refractivity contribution in [2.75, 3.05) is 11.9 Å². The third-order valence-electron chi connectivity index (χ3n) is 3.86. The summed E-state index contributed by atoms with van der Waals surface area (Å²) in [6.07, 6.45) is 0. The van der Waals surface area contributed by atoms with Crippen LogP contribution in [0.1, 0.15) is 26.3 Å². The molecule has 0 spiro atoms. The molecule has 0 fully saturated rings. The number of para-hydroxylation sites is 1. The number of ether oxygens (including phenoxy) is 2. The highest BCUT2D eigenvalue weighted by molar-refractivity contribution is 7.14. The molecule has 0 saturated heterocycles. The van der Waals surface area contributed by atoms with Crippen molar-refractivity contribution >= 4 is 34.1 Å². The molecule has 29 heavy (non-hydrogen) atoms. The van der Waals surface area contributed by atoms with Crippen LogP contribution in [0.2, 0.25) is 0 Å². The van der Waals surface area contributed by atoms with Gasteiger partial charge >= 0.3 is 5.97 Å². The Morgan fingerprint density at radius 1 is 0.931 bits per heavy atom. The maximum Gasteiger partial charge on any atom is 0.342 e. The van der Waals surface area contributed by atoms with Gasteiger partial charge in [-0.3, -0.25) is 9.59 Å². The quantitative estimate of drug-likeness (QED) is 0.555. The van der Waals surface area contributed by atoms with Gasteiger partial charge in [-0.15, -0.1) is 11.3 Å². The predicted octanol–water partition coefficient (Wildman–Crippen LogP) is 3.22. The lowest BCUT2D eigenvalue weighted by molar-refractivity contribution is -0.119. The van der Waals surface area contributed by atoms with Gasteiger partial charge in [0.05, 0.1) is 5.56 Å². The Kier molecular flexibility index (Phi) is 6.59. The van der Waals surface area contributed by atoms with Crippen molar-refractivity contribution in [1.82, 2.24) is 0 Å². The van der Waals surface area contributed by atoms with E-state index in [4.69, 9.17) is 15.2 Å². The molecular formula is C21H18N2O5S. The molecule has 0 saturated carbocycles. The lowest BCUT2D eigenvalue weighted by atomic mass is 10.2. The second-order valence-electron chi connectivity index (χ2n) is 5.92. The van der Waals surface area contributed by atoms with Crippen LogP contribution < -0.4 is 15.8 Å². The number of amides is 2. The summed E-state index contributed by atoms with van der Waals surface area (Å²) in [5, 5.41) is 4.45. The minimum atomic E-state index is -0.690. The largest absolute Gasteiger partial charge is 0.488 e. The molecule has 3 rings (SSSR count). The highest BCUT2D eigenvalue weighted by Gasteiger charge is 2.17. The minimum Gasteiger partial charge on any atom is -0.488 e. The van der Waals surface area contributed by atoms with Crippen LogP contribution in [-0.4, -0.2) is 24.4 Å². The van der Waals surface area contributed by atoms with E-state index < -0.39 is 24.4 Å². The smallest absolute Gasteiger partial charge is 0.342 e. The second-order valence-corrected chi connectivity index (χ2v) is 6.84. The zero-order chi connectivity index (χ0) is 20.6. The lowest BCUT2D eigenvalue weighted by Crippen LogP contribution is -2.22. The maximum absolute atomic E-state index is 12.4. The normalized spacial score (nSPS) is 10.2. The minimum absolute atomic E-state index is 0.203. The van der Waals surface area contributed by atoms with Gasteiger partial charge in [0.15, 0.2) is 6.61 Å². The number of anilines is 1. The Morgan fingerprint density at radius 3 is 2.41 bits per heavy atom. The number of hydrogen-bond acceptors (Lipinski definition) is 6. The monoisotopic (exact) mass is 410 g/mol. The van der Waals surface area contributed by atoms with E-state index in [9.17, 15) is 14.4 Å². The van der Waals surface area contributed by atoms with Gasteiger partial charge in [-0.1, -0.05) is 42.5 Å². The first-order valence-electron chi connectivity index (χ1n) is 8.64. The average molecular weight is 410 g/mol. The Bertz CT molecular complexity index is 1020. The van der Waals surface area contributed by atoms with Crippen molar-refractivity contribution in [1.29, 1.82) is 0 Å². The zero-order valence-electron chi connectivity index (χ0n) is 15.3. The van der Waals surface area contributed by atoms with E-state index in [1.807, 2.05) is 30.3 Å². The first-order chi connectivity index (χ1) is 14.0. The maximum atomic E-state index is 12.4. The third kappa shape index (κ3) is 5.43. The molecule has 3 aromatic rings. The molecular weight excluding hydrogens is 392 g/mol. The molecule has 2 amide bonds. The molecule has 1 aromatic heterocycles. The van der Waals surface area contributed by atoms with E-state index >= 15 is 0 Å². The molecule has 8 heteroatoms. The van der Waals surface area contributed by atoms with Gasteiger partial charge in [-0.05, 0) is 29.1 Å². The van der Waals surface area contributed by atoms with Crippen LogP contribution in [-0.2, 0) is 16.1 Å². The van der Waals surface area contributed by atoms with Crippen molar-refractivity contribution in [2.24, 2.45) is 5.73 Å². The molecule has 7 nitrogen and oxygen atoms in total. The van der Waals surface area contributed by atoms with Crippen LogP contribution >= 0.6 is 11.3 Å². The third-order valence-corrected chi connectivity index (χ3v) is 4.69. The summed E-state index contributed by atoms with van der Waals surface area (Å²) in [5.74, 6) is -1.56. The van der Waals surface area contributed by atoms with Gasteiger partial charge in [0.2, 0.25) is 0 Å². The average Bonchev–Trinajstić information content (AvgIpc) is 3.20. The molecule has 0 aliphatic carbocycles. The van der Waals surface area contributed by atoms with Crippen LogP contribution in [0.15, 0.2) is 66.0 Å². The summed E-state index contributed by atoms with van der Waals surface area (Å²) in [7, 11) is 0. The van der Waals surface area contributed by atoms with E-state index in [0.29, 0.717) is 17.4 Å². The number of nitrogens with two attached hydrogens (primary N) is 1. The number of primary amides is 1. The van der Waals surface area contributed by atoms with Gasteiger partial charge in [0.25, 0.3) is 11.8 Å². The molecule has 0 aliphatic heterocycles. The topological polar surface area (TPSA) is 108 Å². The summed E-state index contributed by atoms with van der Waals surface area (Å²) >= 11 is 1.15. The van der Waals surface area contributed by atoms with E-state index in [1.165, 1.54) is 6.07 Å². The first-order valence-corrected chi connectivity index (χ1v) is 9.52. The zero-order valence-corrected chi connectivity index (χ0v) is 16.1. The highest BCUT2D eigenvalue weighted by atomic mass is 32.1. The van der Waals surface area contributed by atoms with Crippen LogP contribution in [0.4, 0.5) is 5.00 Å². The molecule has 0 radical (unpaired) electrons. The van der Waals surface area contributed by atoms with Crippen molar-refractivity contribution in [3.63, 3.8) is 0 Å². The van der Waals surface area contributed by atoms with Crippen molar-refractivity contribution < 1.29 is 23.9 Å². The lowest BCUT2D eigenvalue weighted by Gasteiger charge is -2.11. The summed E-state index contributed by atoms with van der Waals surface area (Å²) in [4.78, 5) is 35.8. The number of rotatable bonds is 8. The fraction of sp³-hybridized carbons (Fsp3) is 0.0952. The van der Waals surface area contributed by atoms with E-state index in [-0.39, 0.29) is 11.1 Å². The SMILES string of the molecule is NC(=O)c1ccsc1NC(=O)COC(=O)c1ccccc1OCc1ccccc1. The molecule has 148 valence electrons. The van der Waals surface area contributed by atoms with E-state index in [1.54, 1.807) is 29.6 Å². The van der Waals surface area contributed by atoms with Crippen LogP contribution in [0, 0.1) is 0 Å². The summed E-state index contributed by atoms with van der Waals surface area (Å²) in [5.41, 5.74) is 6.61. The summed E-state index contributed by atoms with van der Waals surface area (Å²) in [6, 6.07) is 17.7. The van der Waals surface area contributed by atoms with Gasteiger partial charge in [0, 0.05) is 0 Å². The highest BCUT2D eigenvalue weighted by Crippen LogP contribution is 2.23. The van der Waals surface area contributed by atoms with Crippen molar-refractivity contribution in [2.45, 2.75) is 6.61 Å². The first kappa shape index (κ1) is 20.1. The van der Waals surface area contributed by atoms with Crippen molar-refractivity contribution in [3.05, 3.63) is 82.7 Å². The molecule has 3 N–H and O–H groups in total. The molecule has 0 aliphatic rings. The van der Waals surface area contributed by atoms with E-state index in [2.05, 4.69) is 5.32 Å². The Hall–Kier alpha value is -3.65. The Morgan fingerprint density at radius 2 is 1.66 bits per heavy atom. The fourth-order valence-electron chi connectivity index (χ4n) is 2.47. The number of carbonyl (C=O) groups is 3. The number of hydrogen-bond donors (Lipinski definition) is 2. The summed E-state index contributed by atoms with van der Waals surface area (Å²) in [6.45, 7) is -0.220. The molecule has 0 unspecified atom stereocenters. The van der Waals surface area contributed by atoms with Crippen LogP contribution in [0.25, 0.3) is 0 Å². The Labute approximate surface area is 171 Å². The van der Waals surface area contributed by atoms with Gasteiger partial charge in [0.1, 0.15) is 22.9 Å². The number of nitrogens with one attached hydrogen (secondary N) is 1. The second kappa shape index (κ2) is 9.52. The number of esters is 1. The molecule has 0 atom stereocenters. The van der Waals surface area contributed by atoms with E-state index in [0.717, 1.165) is 16.9 Å². The van der Waals surface area contributed by atoms with Crippen LogP contribution in [0.5, 0.6) is 5.75 Å². The van der Waals surface area contributed by atoms with Gasteiger partial charge in [-0.2, -0.15) is 0 Å². The number of thiophene rings is 1. The predicted molar refractivity (Wildman–Crippen MR) is 109 cm³/mol. The Balaban J connectivity index is 1.58. The number of benzene rings is 2. The fourth-order valence-corrected chi connectivity index (χ4v) is 3.28. The van der Waals surface area contributed by atoms with Gasteiger partial charge in [-0.25, -0.2) is 4.79 Å². The molecule has 2 aromatic carbocycles.